The highest BCUT2D eigenvalue weighted by atomic mass is 15.0. The predicted octanol–water partition coefficient (Wildman–Crippen LogP) is 2.83. The molecule has 1 aromatic heterocycles. The number of aryl methyl sites for hydroxylation is 1. The number of hydrogen-bond acceptors (Lipinski definition) is 2. The smallest absolute Gasteiger partial charge is 0.128 e. The molecule has 0 amide bonds. The van der Waals surface area contributed by atoms with Crippen molar-refractivity contribution >= 4 is 5.82 Å². The van der Waals surface area contributed by atoms with Crippen molar-refractivity contribution in [3.63, 3.8) is 0 Å². The number of hydrogen-bond donors (Lipinski definition) is 1. The zero-order valence-electron chi connectivity index (χ0n) is 9.99. The molecule has 0 radical (unpaired) electrons. The molecular formula is C15H14N2. The van der Waals surface area contributed by atoms with Crippen LogP contribution >= 0.6 is 0 Å². The van der Waals surface area contributed by atoms with Crippen molar-refractivity contribution in [2.45, 2.75) is 6.92 Å². The third kappa shape index (κ3) is 2.85. The fraction of sp³-hybridized carbons (Fsp3) is 0.133. The topological polar surface area (TPSA) is 24.9 Å². The molecule has 0 atom stereocenters. The van der Waals surface area contributed by atoms with Gasteiger partial charge < -0.3 is 5.32 Å². The summed E-state index contributed by atoms with van der Waals surface area (Å²) in [5.41, 5.74) is 3.06. The normalized spacial score (nSPS) is 9.29. The molecule has 2 aromatic rings. The molecule has 0 saturated heterocycles. The van der Waals surface area contributed by atoms with Crippen molar-refractivity contribution in [1.29, 1.82) is 0 Å². The summed E-state index contributed by atoms with van der Waals surface area (Å²) in [4.78, 5) is 4.30. The highest BCUT2D eigenvalue weighted by Crippen LogP contribution is 2.11. The van der Waals surface area contributed by atoms with Gasteiger partial charge in [-0.3, -0.25) is 0 Å². The fourth-order valence-corrected chi connectivity index (χ4v) is 1.57. The summed E-state index contributed by atoms with van der Waals surface area (Å²) in [5, 5.41) is 3.04. The third-order valence-corrected chi connectivity index (χ3v) is 2.44. The molecule has 0 aliphatic heterocycles. The van der Waals surface area contributed by atoms with Gasteiger partial charge in [0.25, 0.3) is 0 Å². The van der Waals surface area contributed by atoms with Gasteiger partial charge in [0.1, 0.15) is 5.82 Å². The van der Waals surface area contributed by atoms with Crippen molar-refractivity contribution in [3.05, 3.63) is 59.3 Å². The maximum atomic E-state index is 4.30. The Morgan fingerprint density at radius 1 is 1.06 bits per heavy atom. The maximum absolute atomic E-state index is 4.30. The Balaban J connectivity index is 2.26. The monoisotopic (exact) mass is 222 g/mol. The zero-order chi connectivity index (χ0) is 12.1. The summed E-state index contributed by atoms with van der Waals surface area (Å²) < 4.78 is 0. The molecule has 0 aliphatic rings. The van der Waals surface area contributed by atoms with Crippen LogP contribution in [-0.4, -0.2) is 12.0 Å². The first-order valence-corrected chi connectivity index (χ1v) is 5.51. The Hall–Kier alpha value is -2.27. The van der Waals surface area contributed by atoms with Gasteiger partial charge in [0.15, 0.2) is 0 Å². The van der Waals surface area contributed by atoms with Gasteiger partial charge in [-0.15, -0.1) is 0 Å². The Kier molecular flexibility index (Phi) is 3.42. The highest BCUT2D eigenvalue weighted by Gasteiger charge is 1.97. The molecule has 0 unspecified atom stereocenters. The predicted molar refractivity (Wildman–Crippen MR) is 70.9 cm³/mol. The lowest BCUT2D eigenvalue weighted by molar-refractivity contribution is 1.23. The van der Waals surface area contributed by atoms with Crippen molar-refractivity contribution in [2.75, 3.05) is 12.4 Å². The lowest BCUT2D eigenvalue weighted by Gasteiger charge is -2.02. The standard InChI is InChI=1S/C15H14N2/c1-12-10-14(11-17-15(12)16-2)9-8-13-6-4-3-5-7-13/h3-7,10-11H,1-2H3,(H,16,17). The van der Waals surface area contributed by atoms with Gasteiger partial charge in [-0.25, -0.2) is 4.98 Å². The molecule has 2 rings (SSSR count). The average Bonchev–Trinajstić information content (AvgIpc) is 2.38. The first-order chi connectivity index (χ1) is 8.29. The van der Waals surface area contributed by atoms with Gasteiger partial charge >= 0.3 is 0 Å². The number of rotatable bonds is 1. The van der Waals surface area contributed by atoms with Crippen LogP contribution in [0.4, 0.5) is 5.82 Å². The Bertz CT molecular complexity index is 562. The number of nitrogens with zero attached hydrogens (tertiary/aromatic N) is 1. The average molecular weight is 222 g/mol. The van der Waals surface area contributed by atoms with Crippen LogP contribution in [0.15, 0.2) is 42.6 Å². The highest BCUT2D eigenvalue weighted by molar-refractivity contribution is 5.49. The van der Waals surface area contributed by atoms with Crippen molar-refractivity contribution in [2.24, 2.45) is 0 Å². The van der Waals surface area contributed by atoms with Crippen LogP contribution in [0.5, 0.6) is 0 Å². The number of anilines is 1. The molecule has 1 heterocycles. The van der Waals surface area contributed by atoms with E-state index in [0.717, 1.165) is 22.5 Å². The minimum Gasteiger partial charge on any atom is -0.373 e. The molecular weight excluding hydrogens is 208 g/mol. The van der Waals surface area contributed by atoms with Crippen molar-refractivity contribution in [1.82, 2.24) is 4.98 Å². The maximum Gasteiger partial charge on any atom is 0.128 e. The molecule has 2 heteroatoms. The van der Waals surface area contributed by atoms with Crippen molar-refractivity contribution in [3.8, 4) is 11.8 Å². The fourth-order valence-electron chi connectivity index (χ4n) is 1.57. The number of aromatic nitrogens is 1. The first-order valence-electron chi connectivity index (χ1n) is 5.51. The van der Waals surface area contributed by atoms with Gasteiger partial charge in [-0.05, 0) is 30.7 Å². The van der Waals surface area contributed by atoms with E-state index in [4.69, 9.17) is 0 Å². The molecule has 1 aromatic carbocycles. The molecule has 0 saturated carbocycles. The molecule has 0 fully saturated rings. The summed E-state index contributed by atoms with van der Waals surface area (Å²) in [6, 6.07) is 12.0. The van der Waals surface area contributed by atoms with E-state index >= 15 is 0 Å². The van der Waals surface area contributed by atoms with Gasteiger partial charge in [-0.2, -0.15) is 0 Å². The largest absolute Gasteiger partial charge is 0.373 e. The SMILES string of the molecule is CNc1ncc(C#Cc2ccccc2)cc1C. The summed E-state index contributed by atoms with van der Waals surface area (Å²) in [6.07, 6.45) is 1.79. The summed E-state index contributed by atoms with van der Waals surface area (Å²) in [6.45, 7) is 2.02. The van der Waals surface area contributed by atoms with Crippen molar-refractivity contribution < 1.29 is 0 Å². The van der Waals surface area contributed by atoms with Crippen LogP contribution in [0, 0.1) is 18.8 Å². The van der Waals surface area contributed by atoms with E-state index in [9.17, 15) is 0 Å². The number of pyridine rings is 1. The van der Waals surface area contributed by atoms with Gasteiger partial charge in [0.05, 0.1) is 0 Å². The third-order valence-electron chi connectivity index (χ3n) is 2.44. The van der Waals surface area contributed by atoms with E-state index in [0.29, 0.717) is 0 Å². The van der Waals surface area contributed by atoms with E-state index in [1.165, 1.54) is 0 Å². The summed E-state index contributed by atoms with van der Waals surface area (Å²) >= 11 is 0. The Labute approximate surface area is 102 Å². The van der Waals surface area contributed by atoms with Crippen LogP contribution in [0.2, 0.25) is 0 Å². The molecule has 84 valence electrons. The number of benzene rings is 1. The minimum atomic E-state index is 0.898. The molecule has 0 spiro atoms. The minimum absolute atomic E-state index is 0.898. The molecule has 2 nitrogen and oxygen atoms in total. The van der Waals surface area contributed by atoms with Gasteiger partial charge in [0, 0.05) is 24.4 Å². The second-order valence-electron chi connectivity index (χ2n) is 3.76. The van der Waals surface area contributed by atoms with Crippen LogP contribution < -0.4 is 5.32 Å². The quantitative estimate of drug-likeness (QED) is 0.750. The molecule has 0 aliphatic carbocycles. The van der Waals surface area contributed by atoms with E-state index in [1.54, 1.807) is 6.20 Å². The van der Waals surface area contributed by atoms with Gasteiger partial charge in [-0.1, -0.05) is 30.0 Å². The first kappa shape index (κ1) is 11.2. The van der Waals surface area contributed by atoms with E-state index in [-0.39, 0.29) is 0 Å². The Morgan fingerprint density at radius 2 is 1.76 bits per heavy atom. The second kappa shape index (κ2) is 5.18. The second-order valence-corrected chi connectivity index (χ2v) is 3.76. The van der Waals surface area contributed by atoms with Crippen LogP contribution in [0.25, 0.3) is 0 Å². The lowest BCUT2D eigenvalue weighted by Crippen LogP contribution is -1.95. The Morgan fingerprint density at radius 3 is 2.41 bits per heavy atom. The van der Waals surface area contributed by atoms with Crippen LogP contribution in [0.1, 0.15) is 16.7 Å². The summed E-state index contributed by atoms with van der Waals surface area (Å²) in [7, 11) is 1.87. The number of nitrogens with one attached hydrogen (secondary N) is 1. The molecule has 17 heavy (non-hydrogen) atoms. The van der Waals surface area contributed by atoms with Crippen LogP contribution in [-0.2, 0) is 0 Å². The van der Waals surface area contributed by atoms with E-state index < -0.39 is 0 Å². The summed E-state index contributed by atoms with van der Waals surface area (Å²) in [5.74, 6) is 7.13. The van der Waals surface area contributed by atoms with E-state index in [1.807, 2.05) is 50.4 Å². The van der Waals surface area contributed by atoms with Crippen LogP contribution in [0.3, 0.4) is 0 Å². The van der Waals surface area contributed by atoms with Gasteiger partial charge in [0.2, 0.25) is 0 Å². The van der Waals surface area contributed by atoms with E-state index in [2.05, 4.69) is 22.1 Å². The lowest BCUT2D eigenvalue weighted by atomic mass is 10.2. The molecule has 0 bridgehead atoms. The zero-order valence-corrected chi connectivity index (χ0v) is 9.99. The molecule has 1 N–H and O–H groups in total.